The summed E-state index contributed by atoms with van der Waals surface area (Å²) in [4.78, 5) is 91.0. The largest absolute Gasteiger partial charge is 0.490 e. The van der Waals surface area contributed by atoms with Crippen molar-refractivity contribution in [2.24, 2.45) is 0 Å². The Hall–Kier alpha value is -3.88. The molecule has 5 rings (SSSR count). The van der Waals surface area contributed by atoms with Gasteiger partial charge in [0.05, 0.1) is 34.9 Å². The van der Waals surface area contributed by atoms with Gasteiger partial charge in [0.2, 0.25) is 5.95 Å². The van der Waals surface area contributed by atoms with Crippen molar-refractivity contribution in [2.75, 3.05) is 12.3 Å². The maximum atomic E-state index is 12.4. The van der Waals surface area contributed by atoms with Gasteiger partial charge in [0.25, 0.3) is 11.6 Å². The first kappa shape index (κ1) is 34.5. The Kier molecular flexibility index (Phi) is 8.55. The number of phosphoric acid groups is 3. The fourth-order valence-electron chi connectivity index (χ4n) is 4.79. The summed E-state index contributed by atoms with van der Waals surface area (Å²) in [5.41, 5.74) is 1.48. The van der Waals surface area contributed by atoms with Gasteiger partial charge in [0.1, 0.15) is 18.3 Å². The molecule has 0 aromatic carbocycles. The van der Waals surface area contributed by atoms with E-state index in [0.717, 1.165) is 10.9 Å². The molecule has 28 nitrogen and oxygen atoms in total. The summed E-state index contributed by atoms with van der Waals surface area (Å²) in [5.74, 6) is -3.52. The summed E-state index contributed by atoms with van der Waals surface area (Å²) in [6, 6.07) is -2.08. The number of nitrogen functional groups attached to an aromatic ring is 1. The molecule has 2 aromatic heterocycles. The predicted molar refractivity (Wildman–Crippen MR) is 140 cm³/mol. The van der Waals surface area contributed by atoms with Crippen molar-refractivity contribution >= 4 is 40.6 Å². The lowest BCUT2D eigenvalue weighted by molar-refractivity contribution is -0.522. The summed E-state index contributed by atoms with van der Waals surface area (Å²) in [6.45, 7) is -1.25. The molecule has 6 atom stereocenters. The summed E-state index contributed by atoms with van der Waals surface area (Å²) in [7, 11) is -17.5. The van der Waals surface area contributed by atoms with Crippen LogP contribution in [0.1, 0.15) is 6.23 Å². The number of phosphoric ester groups is 1. The number of rotatable bonds is 11. The quantitative estimate of drug-likeness (QED) is 0.0860. The van der Waals surface area contributed by atoms with E-state index in [4.69, 9.17) is 29.7 Å². The van der Waals surface area contributed by atoms with Crippen molar-refractivity contribution in [2.45, 2.75) is 36.4 Å². The van der Waals surface area contributed by atoms with Gasteiger partial charge in [-0.05, 0) is 0 Å². The molecule has 7 N–H and O–H groups in total. The van der Waals surface area contributed by atoms with Crippen LogP contribution in [0.15, 0.2) is 34.7 Å². The van der Waals surface area contributed by atoms with Crippen molar-refractivity contribution in [3.05, 3.63) is 70.6 Å². The second kappa shape index (κ2) is 11.7. The predicted octanol–water partition coefficient (Wildman–Crippen LogP) is -1.60. The van der Waals surface area contributed by atoms with E-state index < -0.39 is 104 Å². The minimum Gasteiger partial charge on any atom is -0.369 e. The van der Waals surface area contributed by atoms with Gasteiger partial charge in [0, 0.05) is 4.92 Å². The molecule has 2 aliphatic heterocycles. The number of anilines is 1. The van der Waals surface area contributed by atoms with Gasteiger partial charge in [-0.15, -0.1) is 0 Å². The number of hydrogen-bond acceptors (Lipinski definition) is 19. The zero-order valence-corrected chi connectivity index (χ0v) is 24.9. The van der Waals surface area contributed by atoms with Gasteiger partial charge < -0.3 is 39.5 Å². The highest BCUT2D eigenvalue weighted by Gasteiger charge is 2.71. The minimum atomic E-state index is -5.97. The number of nitro groups is 3. The van der Waals surface area contributed by atoms with Crippen molar-refractivity contribution in [1.82, 2.24) is 19.5 Å². The molecule has 0 amide bonds. The van der Waals surface area contributed by atoms with Crippen LogP contribution in [0.4, 0.5) is 5.95 Å². The van der Waals surface area contributed by atoms with Crippen LogP contribution in [0.2, 0.25) is 0 Å². The van der Waals surface area contributed by atoms with Crippen LogP contribution in [0.25, 0.3) is 11.2 Å². The highest BCUT2D eigenvalue weighted by Crippen LogP contribution is 2.66. The van der Waals surface area contributed by atoms with Gasteiger partial charge in [-0.1, -0.05) is 0 Å². The number of nitrogens with two attached hydrogens (primary N) is 1. The molecular weight excluding hydrogens is 717 g/mol. The molecule has 2 aromatic rings. The molecule has 3 aliphatic rings. The molecule has 1 aliphatic carbocycles. The molecule has 2 fully saturated rings. The normalized spacial score (nSPS) is 29.9. The Morgan fingerprint density at radius 2 is 1.60 bits per heavy atom. The number of imidazole rings is 1. The Bertz CT molecular complexity index is 1920. The highest BCUT2D eigenvalue weighted by molar-refractivity contribution is 7.66. The van der Waals surface area contributed by atoms with Crippen LogP contribution in [0, 0.1) is 30.3 Å². The average molecular weight is 734 g/mol. The topological polar surface area (TPSA) is 407 Å². The Balaban J connectivity index is 1.55. The van der Waals surface area contributed by atoms with E-state index in [2.05, 4.69) is 28.1 Å². The Labute approximate surface area is 255 Å². The van der Waals surface area contributed by atoms with Crippen LogP contribution in [-0.4, -0.2) is 90.6 Å². The summed E-state index contributed by atoms with van der Waals surface area (Å²) in [6.07, 6.45) is -5.31. The molecule has 4 heterocycles. The van der Waals surface area contributed by atoms with Gasteiger partial charge in [-0.3, -0.25) is 49.2 Å². The number of fused-ring (bicyclic) bond motifs is 2. The molecule has 6 unspecified atom stereocenters. The van der Waals surface area contributed by atoms with E-state index in [-0.39, 0.29) is 11.2 Å². The Morgan fingerprint density at radius 1 is 1.00 bits per heavy atom. The van der Waals surface area contributed by atoms with E-state index in [1.54, 1.807) is 0 Å². The molecule has 0 bridgehead atoms. The molecule has 256 valence electrons. The Morgan fingerprint density at radius 3 is 2.15 bits per heavy atom. The van der Waals surface area contributed by atoms with Gasteiger partial charge >= 0.3 is 40.6 Å². The molecule has 1 spiro atoms. The fraction of sp³-hybridized carbons (Fsp3) is 0.438. The number of H-pyrrole nitrogens is 1. The lowest BCUT2D eigenvalue weighted by Gasteiger charge is -2.28. The molecule has 31 heteroatoms. The average Bonchev–Trinajstić information content (AvgIpc) is 3.57. The lowest BCUT2D eigenvalue weighted by Crippen LogP contribution is -2.47. The summed E-state index contributed by atoms with van der Waals surface area (Å²) >= 11 is 0. The van der Waals surface area contributed by atoms with E-state index in [1.165, 1.54) is 0 Å². The molecule has 0 radical (unpaired) electrons. The van der Waals surface area contributed by atoms with Crippen LogP contribution in [0.5, 0.6) is 0 Å². The van der Waals surface area contributed by atoms with Gasteiger partial charge in [-0.25, -0.2) is 18.7 Å². The van der Waals surface area contributed by atoms with Crippen molar-refractivity contribution in [3.63, 3.8) is 0 Å². The fourth-order valence-corrected chi connectivity index (χ4v) is 7.82. The van der Waals surface area contributed by atoms with Gasteiger partial charge in [0.15, 0.2) is 17.4 Å². The summed E-state index contributed by atoms with van der Waals surface area (Å²) in [5, 5.41) is 35.6. The third kappa shape index (κ3) is 6.63. The first-order chi connectivity index (χ1) is 21.6. The monoisotopic (exact) mass is 734 g/mol. The molecule has 47 heavy (non-hydrogen) atoms. The minimum absolute atomic E-state index is 0.305. The standard InChI is InChI=1S/C16H17N8O20P3/c17-15-19-12-9(13(25)20-15)18-4-21(12)14-11-10(6(40-14)3-39-46(35,36)44-47(37,38)43-45(32,33)34)41-16(42-11)7(23(28)29)1-5(22(26)27)2-8(16)24(30)31/h1-2,4-6,10-11,14H,3H2,(H,35,36)(H,37,38)(H2,32,33,34)(H3,17,19,20,25). The zero-order chi connectivity index (χ0) is 34.9. The number of nitrogens with zero attached hydrogens (tertiary/aromatic N) is 6. The van der Waals surface area contributed by atoms with E-state index in [9.17, 15) is 58.6 Å². The van der Waals surface area contributed by atoms with E-state index >= 15 is 0 Å². The third-order valence-corrected chi connectivity index (χ3v) is 10.2. The zero-order valence-electron chi connectivity index (χ0n) is 22.2. The number of aromatic nitrogens is 4. The molecule has 2 saturated heterocycles. The maximum Gasteiger partial charge on any atom is 0.490 e. The van der Waals surface area contributed by atoms with E-state index in [1.807, 2.05) is 0 Å². The van der Waals surface area contributed by atoms with Crippen LogP contribution in [-0.2, 0) is 41.1 Å². The van der Waals surface area contributed by atoms with Crippen LogP contribution < -0.4 is 11.3 Å². The number of nitrogens with one attached hydrogen (secondary N) is 1. The second-order valence-electron chi connectivity index (χ2n) is 9.40. The lowest BCUT2D eigenvalue weighted by atomic mass is 9.99. The smallest absolute Gasteiger partial charge is 0.369 e. The van der Waals surface area contributed by atoms with E-state index in [0.29, 0.717) is 12.2 Å². The molecule has 0 saturated carbocycles. The van der Waals surface area contributed by atoms with Crippen molar-refractivity contribution in [3.8, 4) is 0 Å². The third-order valence-electron chi connectivity index (χ3n) is 6.40. The van der Waals surface area contributed by atoms with Gasteiger partial charge in [-0.2, -0.15) is 13.6 Å². The molecular formula is C16H17N8O20P3. The highest BCUT2D eigenvalue weighted by atomic mass is 31.3. The SMILES string of the molecule is Nc1nc2c(ncn2C2OC(COP(=O)(O)OP(=O)(O)OP(=O)(O)O)C3OC4(OC32)C([N+](=O)[O-])=CC([N+](=O)[O-])C=C4[N+](=O)[O-])c(=O)[nH]1. The first-order valence-electron chi connectivity index (χ1n) is 12.0. The number of ether oxygens (including phenoxy) is 3. The number of hydrogen-bond donors (Lipinski definition) is 6. The maximum absolute atomic E-state index is 12.4. The first-order valence-corrected chi connectivity index (χ1v) is 16.5. The van der Waals surface area contributed by atoms with Crippen LogP contribution >= 0.6 is 23.5 Å². The van der Waals surface area contributed by atoms with Crippen molar-refractivity contribution < 1.29 is 75.4 Å². The van der Waals surface area contributed by atoms with Crippen LogP contribution in [0.3, 0.4) is 0 Å². The summed E-state index contributed by atoms with van der Waals surface area (Å²) < 4.78 is 65.0. The second-order valence-corrected chi connectivity index (χ2v) is 13.8. The van der Waals surface area contributed by atoms with Crippen molar-refractivity contribution in [1.29, 1.82) is 0 Å². The number of aromatic amines is 1.